The van der Waals surface area contributed by atoms with Crippen LogP contribution in [-0.4, -0.2) is 19.9 Å². The summed E-state index contributed by atoms with van der Waals surface area (Å²) in [5.41, 5.74) is 3.84. The number of nitrogens with zero attached hydrogens (tertiary/aromatic N) is 2. The molecule has 25 heavy (non-hydrogen) atoms. The second-order valence-corrected chi connectivity index (χ2v) is 8.48. The highest BCUT2D eigenvalue weighted by Crippen LogP contribution is 2.33. The minimum Gasteiger partial charge on any atom is -0.310 e. The van der Waals surface area contributed by atoms with Crippen LogP contribution in [0.15, 0.2) is 24.3 Å². The number of hydrogen-bond acceptors (Lipinski definition) is 3. The predicted molar refractivity (Wildman–Crippen MR) is 99.1 cm³/mol. The van der Waals surface area contributed by atoms with E-state index in [2.05, 4.69) is 10.4 Å². The molecular formula is C19H23N3O2S. The van der Waals surface area contributed by atoms with Crippen LogP contribution in [0.1, 0.15) is 48.9 Å². The van der Waals surface area contributed by atoms with Gasteiger partial charge in [0.05, 0.1) is 22.9 Å². The van der Waals surface area contributed by atoms with Crippen molar-refractivity contribution >= 4 is 22.5 Å². The molecule has 0 bridgehead atoms. The van der Waals surface area contributed by atoms with Crippen LogP contribution in [0.2, 0.25) is 0 Å². The number of hydrogen-bond donors (Lipinski definition) is 1. The van der Waals surface area contributed by atoms with Crippen molar-refractivity contribution in [2.45, 2.75) is 50.5 Å². The summed E-state index contributed by atoms with van der Waals surface area (Å²) in [7, 11) is -0.915. The Morgan fingerprint density at radius 1 is 1.20 bits per heavy atom. The first-order chi connectivity index (χ1) is 12.1. The molecule has 0 saturated heterocycles. The van der Waals surface area contributed by atoms with Crippen LogP contribution in [0, 0.1) is 12.8 Å². The van der Waals surface area contributed by atoms with Gasteiger partial charge >= 0.3 is 0 Å². The molecule has 6 heteroatoms. The monoisotopic (exact) mass is 357 g/mol. The molecule has 1 amide bonds. The van der Waals surface area contributed by atoms with Crippen molar-refractivity contribution in [3.05, 3.63) is 41.1 Å². The highest BCUT2D eigenvalue weighted by Gasteiger charge is 2.30. The van der Waals surface area contributed by atoms with Crippen molar-refractivity contribution in [1.82, 2.24) is 9.78 Å². The van der Waals surface area contributed by atoms with Gasteiger partial charge in [0.2, 0.25) is 5.91 Å². The number of para-hydroxylation sites is 1. The van der Waals surface area contributed by atoms with E-state index >= 15 is 0 Å². The van der Waals surface area contributed by atoms with Crippen LogP contribution >= 0.6 is 0 Å². The number of rotatable bonds is 3. The second-order valence-electron chi connectivity index (χ2n) is 7.02. The van der Waals surface area contributed by atoms with Crippen molar-refractivity contribution in [3.8, 4) is 5.69 Å². The third-order valence-electron chi connectivity index (χ3n) is 5.23. The molecule has 5 nitrogen and oxygen atoms in total. The lowest BCUT2D eigenvalue weighted by Crippen LogP contribution is -2.26. The fraction of sp³-hybridized carbons (Fsp3) is 0.474. The Labute approximate surface area is 150 Å². The molecule has 4 rings (SSSR count). The van der Waals surface area contributed by atoms with E-state index in [1.165, 1.54) is 6.42 Å². The number of fused-ring (bicyclic) bond motifs is 1. The van der Waals surface area contributed by atoms with E-state index < -0.39 is 10.8 Å². The Kier molecular flexibility index (Phi) is 4.46. The summed E-state index contributed by atoms with van der Waals surface area (Å²) in [6, 6.07) is 8.00. The van der Waals surface area contributed by atoms with E-state index in [1.54, 1.807) is 0 Å². The lowest BCUT2D eigenvalue weighted by molar-refractivity contribution is -0.120. The quantitative estimate of drug-likeness (QED) is 0.915. The molecule has 2 heterocycles. The normalized spacial score (nSPS) is 20.4. The number of aromatic nitrogens is 2. The van der Waals surface area contributed by atoms with Crippen LogP contribution < -0.4 is 5.32 Å². The van der Waals surface area contributed by atoms with E-state index in [1.807, 2.05) is 35.9 Å². The number of benzene rings is 1. The van der Waals surface area contributed by atoms with Crippen LogP contribution in [0.3, 0.4) is 0 Å². The van der Waals surface area contributed by atoms with Crippen LogP contribution in [0.4, 0.5) is 5.82 Å². The van der Waals surface area contributed by atoms with Gasteiger partial charge in [-0.3, -0.25) is 9.00 Å². The molecule has 1 fully saturated rings. The SMILES string of the molecule is Cc1ccccc1-n1nc2c(c1NC(=O)C1CCCCC1)C[S@@](=O)C2. The Hall–Kier alpha value is -1.95. The zero-order valence-electron chi connectivity index (χ0n) is 14.5. The van der Waals surface area contributed by atoms with Crippen molar-refractivity contribution in [3.63, 3.8) is 0 Å². The van der Waals surface area contributed by atoms with E-state index in [0.717, 1.165) is 48.2 Å². The summed E-state index contributed by atoms with van der Waals surface area (Å²) in [5.74, 6) is 1.82. The highest BCUT2D eigenvalue weighted by atomic mass is 32.2. The molecule has 0 radical (unpaired) electrons. The second kappa shape index (κ2) is 6.75. The van der Waals surface area contributed by atoms with Crippen molar-refractivity contribution < 1.29 is 9.00 Å². The molecule has 2 aromatic rings. The fourth-order valence-corrected chi connectivity index (χ4v) is 5.08. The van der Waals surface area contributed by atoms with Gasteiger partial charge in [0.15, 0.2) is 0 Å². The molecule has 0 unspecified atom stereocenters. The number of carbonyl (C=O) groups excluding carboxylic acids is 1. The van der Waals surface area contributed by atoms with Crippen molar-refractivity contribution in [1.29, 1.82) is 0 Å². The number of amides is 1. The third-order valence-corrected chi connectivity index (χ3v) is 6.44. The van der Waals surface area contributed by atoms with E-state index in [0.29, 0.717) is 17.3 Å². The first-order valence-electron chi connectivity index (χ1n) is 8.96. The zero-order chi connectivity index (χ0) is 17.4. The van der Waals surface area contributed by atoms with Gasteiger partial charge in [0.25, 0.3) is 0 Å². The average molecular weight is 357 g/mol. The number of anilines is 1. The smallest absolute Gasteiger partial charge is 0.228 e. The van der Waals surface area contributed by atoms with E-state index in [4.69, 9.17) is 0 Å². The fourth-order valence-electron chi connectivity index (χ4n) is 3.82. The van der Waals surface area contributed by atoms with Gasteiger partial charge in [-0.1, -0.05) is 37.5 Å². The molecule has 0 spiro atoms. The summed E-state index contributed by atoms with van der Waals surface area (Å²) in [6.07, 6.45) is 5.38. The Balaban J connectivity index is 1.71. The molecule has 1 aliphatic carbocycles. The first kappa shape index (κ1) is 16.5. The predicted octanol–water partition coefficient (Wildman–Crippen LogP) is 3.46. The van der Waals surface area contributed by atoms with Crippen LogP contribution in [-0.2, 0) is 27.1 Å². The van der Waals surface area contributed by atoms with Gasteiger partial charge in [-0.05, 0) is 31.4 Å². The molecule has 2 aliphatic rings. The van der Waals surface area contributed by atoms with Crippen molar-refractivity contribution in [2.75, 3.05) is 5.32 Å². The summed E-state index contributed by atoms with van der Waals surface area (Å²) in [5, 5.41) is 7.81. The summed E-state index contributed by atoms with van der Waals surface area (Å²) in [6.45, 7) is 2.03. The first-order valence-corrected chi connectivity index (χ1v) is 10.4. The Morgan fingerprint density at radius 3 is 2.72 bits per heavy atom. The van der Waals surface area contributed by atoms with E-state index in [-0.39, 0.29) is 11.8 Å². The summed E-state index contributed by atoms with van der Waals surface area (Å²) in [4.78, 5) is 12.8. The molecular weight excluding hydrogens is 334 g/mol. The van der Waals surface area contributed by atoms with Gasteiger partial charge in [-0.15, -0.1) is 0 Å². The molecule has 132 valence electrons. The lowest BCUT2D eigenvalue weighted by Gasteiger charge is -2.21. The maximum atomic E-state index is 12.8. The van der Waals surface area contributed by atoms with Crippen LogP contribution in [0.5, 0.6) is 0 Å². The van der Waals surface area contributed by atoms with Gasteiger partial charge in [0, 0.05) is 22.3 Å². The maximum absolute atomic E-state index is 12.8. The van der Waals surface area contributed by atoms with Crippen molar-refractivity contribution in [2.24, 2.45) is 5.92 Å². The maximum Gasteiger partial charge on any atom is 0.228 e. The van der Waals surface area contributed by atoms with Gasteiger partial charge in [-0.25, -0.2) is 4.68 Å². The minimum absolute atomic E-state index is 0.0786. The largest absolute Gasteiger partial charge is 0.310 e. The Morgan fingerprint density at radius 2 is 1.96 bits per heavy atom. The van der Waals surface area contributed by atoms with Gasteiger partial charge in [-0.2, -0.15) is 5.10 Å². The standard InChI is InChI=1S/C19H23N3O2S/c1-13-7-5-6-10-17(13)22-18(15-11-25(24)12-16(15)21-22)20-19(23)14-8-3-2-4-9-14/h5-7,10,14H,2-4,8-9,11-12H2,1H3,(H,20,23)/t25-/m1/s1. The van der Waals surface area contributed by atoms with Crippen LogP contribution in [0.25, 0.3) is 5.69 Å². The van der Waals surface area contributed by atoms with Gasteiger partial charge in [0.1, 0.15) is 5.82 Å². The topological polar surface area (TPSA) is 64.0 Å². The average Bonchev–Trinajstić information content (AvgIpc) is 3.13. The molecule has 1 aromatic carbocycles. The van der Waals surface area contributed by atoms with E-state index in [9.17, 15) is 9.00 Å². The summed E-state index contributed by atoms with van der Waals surface area (Å²) < 4.78 is 13.8. The number of carbonyl (C=O) groups is 1. The minimum atomic E-state index is -0.915. The molecule has 1 aliphatic heterocycles. The molecule has 1 saturated carbocycles. The number of aryl methyl sites for hydroxylation is 1. The summed E-state index contributed by atoms with van der Waals surface area (Å²) >= 11 is 0. The molecule has 1 N–H and O–H groups in total. The zero-order valence-corrected chi connectivity index (χ0v) is 15.3. The lowest BCUT2D eigenvalue weighted by atomic mass is 9.88. The van der Waals surface area contributed by atoms with Gasteiger partial charge < -0.3 is 5.32 Å². The number of nitrogens with one attached hydrogen (secondary N) is 1. The molecule has 1 atom stereocenters. The highest BCUT2D eigenvalue weighted by molar-refractivity contribution is 7.83. The third kappa shape index (κ3) is 3.15. The Bertz CT molecular complexity index is 837. The molecule has 1 aromatic heterocycles.